The second-order valence-corrected chi connectivity index (χ2v) is 4.50. The van der Waals surface area contributed by atoms with Crippen LogP contribution < -0.4 is 10.1 Å². The van der Waals surface area contributed by atoms with Crippen molar-refractivity contribution >= 4 is 18.8 Å². The van der Waals surface area contributed by atoms with Crippen molar-refractivity contribution in [2.45, 2.75) is 0 Å². The molecular weight excluding hydrogens is 261 g/mol. The first-order chi connectivity index (χ1) is 8.39. The van der Waals surface area contributed by atoms with Gasteiger partial charge < -0.3 is 8.94 Å². The quantitative estimate of drug-likeness (QED) is 0.618. The molecule has 7 nitrogen and oxygen atoms in total. The van der Waals surface area contributed by atoms with E-state index in [1.807, 2.05) is 0 Å². The summed E-state index contributed by atoms with van der Waals surface area (Å²) in [5, 5.41) is 9.10. The van der Waals surface area contributed by atoms with Crippen LogP contribution in [-0.2, 0) is 4.57 Å². The average molecular weight is 267 g/mol. The Morgan fingerprint density at radius 3 is 2.67 bits per heavy atom. The van der Waals surface area contributed by atoms with Gasteiger partial charge in [-0.15, -0.1) is 0 Å². The molecule has 1 aromatic carbocycles. The summed E-state index contributed by atoms with van der Waals surface area (Å²) in [6.45, 7) is 0. The van der Waals surface area contributed by atoms with Gasteiger partial charge in [0.05, 0.1) is 0 Å². The van der Waals surface area contributed by atoms with Crippen LogP contribution in [0.2, 0.25) is 0 Å². The largest absolute Gasteiger partial charge is 0.524 e. The molecule has 0 radical (unpaired) electrons. The Labute approximate surface area is 100 Å². The third kappa shape index (κ3) is 2.57. The van der Waals surface area contributed by atoms with Gasteiger partial charge in [-0.1, -0.05) is 0 Å². The second kappa shape index (κ2) is 4.27. The summed E-state index contributed by atoms with van der Waals surface area (Å²) >= 11 is 0. The Morgan fingerprint density at radius 1 is 1.33 bits per heavy atom. The van der Waals surface area contributed by atoms with E-state index in [-0.39, 0.29) is 16.9 Å². The van der Waals surface area contributed by atoms with Crippen LogP contribution in [-0.4, -0.2) is 9.79 Å². The summed E-state index contributed by atoms with van der Waals surface area (Å²) in [7, 11) is -4.66. The van der Waals surface area contributed by atoms with Crippen LogP contribution >= 0.6 is 7.82 Å². The van der Waals surface area contributed by atoms with Crippen molar-refractivity contribution in [3.05, 3.63) is 40.2 Å². The zero-order chi connectivity index (χ0) is 13.3. The van der Waals surface area contributed by atoms with E-state index in [9.17, 15) is 9.36 Å². The monoisotopic (exact) mass is 267 g/mol. The molecule has 2 aromatic rings. The molecule has 1 aromatic heterocycles. The average Bonchev–Trinajstić information content (AvgIpc) is 2.25. The number of hydrogen-bond acceptors (Lipinski definition) is 5. The third-order valence-corrected chi connectivity index (χ3v) is 2.50. The van der Waals surface area contributed by atoms with Crippen LogP contribution in [0.3, 0.4) is 0 Å². The van der Waals surface area contributed by atoms with E-state index in [0.717, 1.165) is 6.07 Å². The molecule has 0 bridgehead atoms. The highest BCUT2D eigenvalue weighted by atomic mass is 31.2. The number of fused-ring (bicyclic) bond motifs is 1. The van der Waals surface area contributed by atoms with Crippen molar-refractivity contribution in [3.63, 3.8) is 0 Å². The molecule has 0 amide bonds. The van der Waals surface area contributed by atoms with Crippen LogP contribution in [0.15, 0.2) is 33.5 Å². The van der Waals surface area contributed by atoms with Gasteiger partial charge in [0, 0.05) is 11.5 Å². The smallest absolute Gasteiger partial charge is 0.422 e. The van der Waals surface area contributed by atoms with Crippen molar-refractivity contribution in [2.24, 2.45) is 0 Å². The third-order valence-electron chi connectivity index (χ3n) is 2.05. The van der Waals surface area contributed by atoms with Gasteiger partial charge in [0.25, 0.3) is 0 Å². The van der Waals surface area contributed by atoms with Gasteiger partial charge >= 0.3 is 13.4 Å². The Hall–Kier alpha value is -2.13. The van der Waals surface area contributed by atoms with Gasteiger partial charge in [-0.2, -0.15) is 5.26 Å². The molecule has 0 saturated carbocycles. The predicted molar refractivity (Wildman–Crippen MR) is 59.9 cm³/mol. The summed E-state index contributed by atoms with van der Waals surface area (Å²) in [6, 6.07) is 6.88. The van der Waals surface area contributed by atoms with E-state index in [1.54, 1.807) is 6.07 Å². The van der Waals surface area contributed by atoms with Gasteiger partial charge in [-0.25, -0.2) is 9.36 Å². The molecule has 0 aliphatic rings. The maximum absolute atomic E-state index is 11.3. The van der Waals surface area contributed by atoms with E-state index in [2.05, 4.69) is 4.52 Å². The lowest BCUT2D eigenvalue weighted by Crippen LogP contribution is -2.03. The van der Waals surface area contributed by atoms with Crippen LogP contribution in [0, 0.1) is 11.3 Å². The first-order valence-corrected chi connectivity index (χ1v) is 6.15. The second-order valence-electron chi connectivity index (χ2n) is 3.34. The molecule has 1 heterocycles. The molecule has 0 aliphatic carbocycles. The lowest BCUT2D eigenvalue weighted by atomic mass is 10.2. The van der Waals surface area contributed by atoms with E-state index >= 15 is 0 Å². The van der Waals surface area contributed by atoms with Crippen molar-refractivity contribution in [2.75, 3.05) is 0 Å². The Kier molecular flexibility index (Phi) is 2.93. The molecule has 0 atom stereocenters. The maximum Gasteiger partial charge on any atom is 0.524 e. The minimum Gasteiger partial charge on any atom is -0.422 e. The summed E-state index contributed by atoms with van der Waals surface area (Å²) in [5.74, 6) is -0.135. The zero-order valence-electron chi connectivity index (χ0n) is 8.73. The van der Waals surface area contributed by atoms with Gasteiger partial charge in [-0.05, 0) is 18.2 Å². The number of rotatable bonds is 2. The SMILES string of the molecule is N#Cc1cc2ccc(OP(=O)(O)O)cc2oc1=O. The van der Waals surface area contributed by atoms with Gasteiger partial charge in [0.2, 0.25) is 0 Å². The molecule has 0 aliphatic heterocycles. The van der Waals surface area contributed by atoms with E-state index in [0.29, 0.717) is 5.39 Å². The molecule has 0 saturated heterocycles. The molecule has 2 N–H and O–H groups in total. The molecule has 92 valence electrons. The molecule has 0 unspecified atom stereocenters. The number of benzene rings is 1. The summed E-state index contributed by atoms with van der Waals surface area (Å²) in [4.78, 5) is 28.5. The first kappa shape index (κ1) is 12.3. The molecule has 18 heavy (non-hydrogen) atoms. The summed E-state index contributed by atoms with van der Waals surface area (Å²) in [5.41, 5.74) is -0.894. The van der Waals surface area contributed by atoms with Crippen molar-refractivity contribution in [1.29, 1.82) is 5.26 Å². The molecular formula is C10H6NO6P. The Bertz CT molecular complexity index is 753. The number of nitrogens with zero attached hydrogens (tertiary/aromatic N) is 1. The van der Waals surface area contributed by atoms with Crippen LogP contribution in [0.1, 0.15) is 5.56 Å². The molecule has 0 fully saturated rings. The first-order valence-electron chi connectivity index (χ1n) is 4.62. The Morgan fingerprint density at radius 2 is 2.06 bits per heavy atom. The molecule has 8 heteroatoms. The van der Waals surface area contributed by atoms with Crippen molar-refractivity contribution in [3.8, 4) is 11.8 Å². The molecule has 2 rings (SSSR count). The summed E-state index contributed by atoms with van der Waals surface area (Å²) < 4.78 is 19.8. The van der Waals surface area contributed by atoms with Crippen molar-refractivity contribution < 1.29 is 23.3 Å². The molecule has 0 spiro atoms. The van der Waals surface area contributed by atoms with E-state index < -0.39 is 13.4 Å². The lowest BCUT2D eigenvalue weighted by Gasteiger charge is -2.06. The van der Waals surface area contributed by atoms with Gasteiger partial charge in [-0.3, -0.25) is 9.79 Å². The zero-order valence-corrected chi connectivity index (χ0v) is 9.63. The number of phosphoric acid groups is 1. The highest BCUT2D eigenvalue weighted by Gasteiger charge is 2.16. The lowest BCUT2D eigenvalue weighted by molar-refractivity contribution is 0.283. The van der Waals surface area contributed by atoms with Crippen LogP contribution in [0.4, 0.5) is 0 Å². The van der Waals surface area contributed by atoms with Gasteiger partial charge in [0.15, 0.2) is 0 Å². The highest BCUT2D eigenvalue weighted by molar-refractivity contribution is 7.46. The van der Waals surface area contributed by atoms with Crippen molar-refractivity contribution in [1.82, 2.24) is 0 Å². The fourth-order valence-corrected chi connectivity index (χ4v) is 1.75. The number of hydrogen-bond donors (Lipinski definition) is 2. The normalized spacial score (nSPS) is 11.2. The van der Waals surface area contributed by atoms with Crippen LogP contribution in [0.5, 0.6) is 5.75 Å². The minimum atomic E-state index is -4.66. The summed E-state index contributed by atoms with van der Waals surface area (Å²) in [6.07, 6.45) is 0. The topological polar surface area (TPSA) is 121 Å². The standard InChI is InChI=1S/C10H6NO6P/c11-5-7-3-6-1-2-8(17-18(13,14)15)4-9(6)16-10(7)12/h1-4H,(H2,13,14,15). The predicted octanol–water partition coefficient (Wildman–Crippen LogP) is 1.14. The Balaban J connectivity index is 2.57. The maximum atomic E-state index is 11.3. The number of nitriles is 1. The highest BCUT2D eigenvalue weighted by Crippen LogP contribution is 2.38. The van der Waals surface area contributed by atoms with E-state index in [1.165, 1.54) is 18.2 Å². The van der Waals surface area contributed by atoms with Gasteiger partial charge in [0.1, 0.15) is 23.0 Å². The number of phosphoric ester groups is 1. The van der Waals surface area contributed by atoms with Crippen LogP contribution in [0.25, 0.3) is 11.0 Å². The fourth-order valence-electron chi connectivity index (χ4n) is 1.36. The fraction of sp³-hybridized carbons (Fsp3) is 0. The van der Waals surface area contributed by atoms with E-state index in [4.69, 9.17) is 19.5 Å². The minimum absolute atomic E-state index is 0.0740.